The quantitative estimate of drug-likeness (QED) is 0.159. The standard InChI is InChI=1S/C72H80N4O/c1-67(2,3)48-32-35-73-65(42-48)76-61-25-18-17-24-55(61)56-30-29-54(44-64(56)76)77-53-23-21-22-52(43-53)74-45-75(63-27-20-19-26-62(63)74)66-57(46-28-31-59-60(38-46)72(15,16)34-33-71(59,13)14)40-51(70(10,11)12)41-58(66)47-36-49(68(4,5)6)39-50(37-47)69(7,8)9/h17-32,35-44H,33-34,45H2,1-16H3/i17D,18D,24D,25D,28D,31D,36D,37D,38D,39D. The van der Waals surface area contributed by atoms with Crippen LogP contribution in [0.4, 0.5) is 22.7 Å². The fourth-order valence-corrected chi connectivity index (χ4v) is 11.0. The van der Waals surface area contributed by atoms with Crippen LogP contribution in [0.15, 0.2) is 158 Å². The second kappa shape index (κ2) is 18.3. The summed E-state index contributed by atoms with van der Waals surface area (Å²) in [7, 11) is 0. The van der Waals surface area contributed by atoms with Crippen molar-refractivity contribution in [3.63, 3.8) is 0 Å². The number of anilines is 4. The molecule has 0 radical (unpaired) electrons. The summed E-state index contributed by atoms with van der Waals surface area (Å²) in [4.78, 5) is 9.14. The van der Waals surface area contributed by atoms with E-state index in [2.05, 4.69) is 97.2 Å². The summed E-state index contributed by atoms with van der Waals surface area (Å²) in [5.41, 5.74) is 7.17. The van der Waals surface area contributed by atoms with Crippen LogP contribution < -0.4 is 14.5 Å². The van der Waals surface area contributed by atoms with Gasteiger partial charge in [-0.25, -0.2) is 4.98 Å². The zero-order valence-electron chi connectivity index (χ0n) is 58.1. The van der Waals surface area contributed by atoms with Gasteiger partial charge in [-0.05, 0) is 157 Å². The highest BCUT2D eigenvalue weighted by atomic mass is 16.5. The Labute approximate surface area is 474 Å². The van der Waals surface area contributed by atoms with Crippen LogP contribution in [-0.4, -0.2) is 16.2 Å². The molecule has 0 bridgehead atoms. The molecule has 11 rings (SSSR count). The van der Waals surface area contributed by atoms with Crippen molar-refractivity contribution in [2.75, 3.05) is 16.5 Å². The van der Waals surface area contributed by atoms with Crippen LogP contribution in [0.2, 0.25) is 0 Å². The Hall–Kier alpha value is -7.11. The maximum Gasteiger partial charge on any atom is 0.137 e. The highest BCUT2D eigenvalue weighted by Crippen LogP contribution is 2.54. The van der Waals surface area contributed by atoms with Gasteiger partial charge >= 0.3 is 0 Å². The molecule has 77 heavy (non-hydrogen) atoms. The largest absolute Gasteiger partial charge is 0.457 e. The average molecular weight is 1030 g/mol. The number of benzene rings is 7. The van der Waals surface area contributed by atoms with Crippen molar-refractivity contribution in [1.82, 2.24) is 9.55 Å². The summed E-state index contributed by atoms with van der Waals surface area (Å²) < 4.78 is 105. The minimum Gasteiger partial charge on any atom is -0.457 e. The first-order chi connectivity index (χ1) is 40.4. The van der Waals surface area contributed by atoms with Crippen molar-refractivity contribution in [3.05, 3.63) is 191 Å². The predicted octanol–water partition coefficient (Wildman–Crippen LogP) is 20.1. The molecule has 0 saturated carbocycles. The van der Waals surface area contributed by atoms with E-state index in [-0.39, 0.29) is 72.5 Å². The number of ether oxygens (including phenoxy) is 1. The predicted molar refractivity (Wildman–Crippen MR) is 328 cm³/mol. The van der Waals surface area contributed by atoms with E-state index in [4.69, 9.17) is 13.8 Å². The molecule has 0 fully saturated rings. The first-order valence-corrected chi connectivity index (χ1v) is 27.3. The van der Waals surface area contributed by atoms with Crippen LogP contribution in [0.25, 0.3) is 49.9 Å². The van der Waals surface area contributed by atoms with Crippen molar-refractivity contribution in [3.8, 4) is 39.6 Å². The second-order valence-electron chi connectivity index (χ2n) is 26.9. The van der Waals surface area contributed by atoms with Crippen molar-refractivity contribution in [2.24, 2.45) is 0 Å². The van der Waals surface area contributed by atoms with E-state index < -0.39 is 27.1 Å². The van der Waals surface area contributed by atoms with E-state index >= 15 is 0 Å². The lowest BCUT2D eigenvalue weighted by molar-refractivity contribution is 0.332. The summed E-state index contributed by atoms with van der Waals surface area (Å²) in [5, 5.41) is 1.01. The van der Waals surface area contributed by atoms with Gasteiger partial charge in [-0.2, -0.15) is 0 Å². The van der Waals surface area contributed by atoms with Gasteiger partial charge < -0.3 is 14.5 Å². The third-order valence-corrected chi connectivity index (χ3v) is 15.9. The summed E-state index contributed by atoms with van der Waals surface area (Å²) in [5.74, 6) is 1.48. The molecule has 2 aromatic heterocycles. The summed E-state index contributed by atoms with van der Waals surface area (Å²) in [6.45, 7) is 33.5. The Morgan fingerprint density at radius 2 is 1.12 bits per heavy atom. The maximum atomic E-state index is 10.5. The van der Waals surface area contributed by atoms with Gasteiger partial charge in [0.1, 0.15) is 24.0 Å². The van der Waals surface area contributed by atoms with Gasteiger partial charge in [0, 0.05) is 45.9 Å². The third-order valence-electron chi connectivity index (χ3n) is 15.9. The highest BCUT2D eigenvalue weighted by Gasteiger charge is 2.39. The normalized spacial score (nSPS) is 17.4. The third kappa shape index (κ3) is 9.52. The molecule has 0 spiro atoms. The van der Waals surface area contributed by atoms with Crippen molar-refractivity contribution in [1.29, 1.82) is 0 Å². The SMILES string of the molecule is [2H]c1c([2H])c2c(c([2H])c1-c1cc(C(C)(C)C)cc(-c3c([2H])c(C(C)(C)C)c([2H])c(C(C)(C)C)c3[2H])c1N1CN(c3cccc(Oc4ccc5c6c([2H])c([2H])c([2H])c([2H])c6n(-c6cc(C(C)(C)C)ccn6)c5c4)c3)c3ccccc31)C(C)(C)CCC2(C)C. The fraction of sp³-hybridized carbons (Fsp3) is 0.347. The Morgan fingerprint density at radius 1 is 0.506 bits per heavy atom. The molecule has 7 aromatic carbocycles. The molecule has 3 heterocycles. The molecule has 5 heteroatoms. The topological polar surface area (TPSA) is 33.5 Å². The number of fused-ring (bicyclic) bond motifs is 5. The maximum absolute atomic E-state index is 10.5. The van der Waals surface area contributed by atoms with Crippen molar-refractivity contribution < 1.29 is 18.4 Å². The van der Waals surface area contributed by atoms with Crippen LogP contribution in [-0.2, 0) is 32.5 Å². The first kappa shape index (κ1) is 41.0. The lowest BCUT2D eigenvalue weighted by Crippen LogP contribution is -2.33. The molecular formula is C72H80N4O. The molecule has 0 N–H and O–H groups in total. The highest BCUT2D eigenvalue weighted by molar-refractivity contribution is 6.09. The van der Waals surface area contributed by atoms with Crippen molar-refractivity contribution >= 4 is 44.6 Å². The minimum atomic E-state index is -0.667. The average Bonchev–Trinajstić information content (AvgIpc) is 1.62. The Bertz CT molecular complexity index is 4320. The number of pyridine rings is 1. The molecule has 0 saturated heterocycles. The van der Waals surface area contributed by atoms with Gasteiger partial charge in [-0.15, -0.1) is 0 Å². The monoisotopic (exact) mass is 1030 g/mol. The number of hydrogen-bond acceptors (Lipinski definition) is 4. The Kier molecular flexibility index (Phi) is 9.73. The van der Waals surface area contributed by atoms with Crippen LogP contribution in [0.5, 0.6) is 11.5 Å². The van der Waals surface area contributed by atoms with E-state index in [1.54, 1.807) is 10.8 Å². The van der Waals surface area contributed by atoms with Gasteiger partial charge in [0.05, 0.1) is 41.8 Å². The van der Waals surface area contributed by atoms with Gasteiger partial charge in [0.2, 0.25) is 0 Å². The molecule has 0 unspecified atom stereocenters. The molecule has 1 aliphatic carbocycles. The molecule has 394 valence electrons. The van der Waals surface area contributed by atoms with E-state index in [1.165, 1.54) is 0 Å². The number of nitrogens with zero attached hydrogens (tertiary/aromatic N) is 4. The van der Waals surface area contributed by atoms with Crippen LogP contribution in [0.1, 0.15) is 171 Å². The molecule has 9 aromatic rings. The number of para-hydroxylation sites is 3. The number of aromatic nitrogens is 2. The Morgan fingerprint density at radius 3 is 1.78 bits per heavy atom. The lowest BCUT2D eigenvalue weighted by atomic mass is 9.63. The first-order valence-electron chi connectivity index (χ1n) is 32.3. The molecule has 1 aliphatic heterocycles. The molecule has 5 nitrogen and oxygen atoms in total. The van der Waals surface area contributed by atoms with Gasteiger partial charge in [0.25, 0.3) is 0 Å². The van der Waals surface area contributed by atoms with Gasteiger partial charge in [-0.3, -0.25) is 4.57 Å². The van der Waals surface area contributed by atoms with Crippen LogP contribution in [0, 0.1) is 0 Å². The molecule has 2 aliphatic rings. The Balaban J connectivity index is 1.14. The van der Waals surface area contributed by atoms with E-state index in [0.717, 1.165) is 52.2 Å². The van der Waals surface area contributed by atoms with Crippen LogP contribution >= 0.6 is 0 Å². The minimum absolute atomic E-state index is 0.0442. The van der Waals surface area contributed by atoms with E-state index in [1.807, 2.05) is 114 Å². The summed E-state index contributed by atoms with van der Waals surface area (Å²) >= 11 is 0. The van der Waals surface area contributed by atoms with Gasteiger partial charge in [0.15, 0.2) is 0 Å². The second-order valence-corrected chi connectivity index (χ2v) is 26.9. The smallest absolute Gasteiger partial charge is 0.137 e. The van der Waals surface area contributed by atoms with Gasteiger partial charge in [-0.1, -0.05) is 183 Å². The van der Waals surface area contributed by atoms with Crippen molar-refractivity contribution in [2.45, 2.75) is 156 Å². The summed E-state index contributed by atoms with van der Waals surface area (Å²) in [6, 6.07) is 29.1. The number of hydrogen-bond donors (Lipinski definition) is 0. The fourth-order valence-electron chi connectivity index (χ4n) is 11.0. The zero-order chi connectivity index (χ0) is 63.5. The van der Waals surface area contributed by atoms with E-state index in [0.29, 0.717) is 78.2 Å². The zero-order valence-corrected chi connectivity index (χ0v) is 48.1. The van der Waals surface area contributed by atoms with Crippen LogP contribution in [0.3, 0.4) is 0 Å². The van der Waals surface area contributed by atoms with E-state index in [9.17, 15) is 9.60 Å². The lowest BCUT2D eigenvalue weighted by Gasteiger charge is -2.42. The summed E-state index contributed by atoms with van der Waals surface area (Å²) in [6.07, 6.45) is 3.34. The molecule has 0 atom stereocenters. The molecular weight excluding hydrogens is 937 g/mol. The number of rotatable bonds is 7. The molecule has 0 amide bonds.